The first-order valence-electron chi connectivity index (χ1n) is 3.52. The predicted octanol–water partition coefficient (Wildman–Crippen LogP) is 1.39. The molecule has 12 heavy (non-hydrogen) atoms. The summed E-state index contributed by atoms with van der Waals surface area (Å²) < 4.78 is 0. The van der Waals surface area contributed by atoms with Crippen molar-refractivity contribution in [3.05, 3.63) is 11.1 Å². The Morgan fingerprint density at radius 3 is 2.83 bits per heavy atom. The second-order valence-corrected chi connectivity index (χ2v) is 3.61. The normalized spacial score (nSPS) is 9.58. The van der Waals surface area contributed by atoms with E-state index in [1.165, 1.54) is 0 Å². The van der Waals surface area contributed by atoms with Gasteiger partial charge in [-0.25, -0.2) is 4.98 Å². The number of rotatable bonds is 1. The van der Waals surface area contributed by atoms with E-state index in [1.807, 2.05) is 24.3 Å². The van der Waals surface area contributed by atoms with Gasteiger partial charge in [-0.05, 0) is 19.1 Å². The minimum Gasteiger partial charge on any atom is -0.365 e. The summed E-state index contributed by atoms with van der Waals surface area (Å²) in [5, 5.41) is 6.51. The molecule has 1 heterocycles. The van der Waals surface area contributed by atoms with Crippen molar-refractivity contribution in [1.29, 1.82) is 0 Å². The van der Waals surface area contributed by atoms with Crippen LogP contribution in [0.5, 0.6) is 0 Å². The average molecular weight is 201 g/mol. The highest BCUT2D eigenvalue weighted by molar-refractivity contribution is 7.80. The molecule has 0 aromatic carbocycles. The second kappa shape index (κ2) is 3.82. The summed E-state index contributed by atoms with van der Waals surface area (Å²) in [5.41, 5.74) is 1.03. The molecule has 0 saturated heterocycles. The van der Waals surface area contributed by atoms with Crippen LogP contribution in [0.2, 0.25) is 0 Å². The molecule has 0 aliphatic carbocycles. The van der Waals surface area contributed by atoms with Gasteiger partial charge in [0.15, 0.2) is 10.2 Å². The van der Waals surface area contributed by atoms with E-state index in [0.29, 0.717) is 5.11 Å². The largest absolute Gasteiger partial charge is 0.365 e. The molecule has 66 valence electrons. The molecule has 0 amide bonds. The van der Waals surface area contributed by atoms with Crippen LogP contribution in [-0.2, 0) is 0 Å². The Kier molecular flexibility index (Phi) is 2.99. The SMILES string of the molecule is CNC(=S)N(C)c1nc(C)cs1. The van der Waals surface area contributed by atoms with Crippen molar-refractivity contribution in [2.45, 2.75) is 6.92 Å². The summed E-state index contributed by atoms with van der Waals surface area (Å²) in [6.45, 7) is 1.97. The summed E-state index contributed by atoms with van der Waals surface area (Å²) >= 11 is 6.64. The Balaban J connectivity index is 2.77. The zero-order valence-corrected chi connectivity index (χ0v) is 8.92. The Morgan fingerprint density at radius 1 is 1.75 bits per heavy atom. The molecular weight excluding hydrogens is 190 g/mol. The zero-order chi connectivity index (χ0) is 9.14. The standard InChI is InChI=1S/C7H11N3S2/c1-5-4-12-7(9-5)10(3)6(11)8-2/h4H,1-3H3,(H,8,11). The quantitative estimate of drug-likeness (QED) is 0.695. The smallest absolute Gasteiger partial charge is 0.191 e. The highest BCUT2D eigenvalue weighted by Crippen LogP contribution is 2.18. The van der Waals surface area contributed by atoms with Crippen molar-refractivity contribution >= 4 is 33.8 Å². The van der Waals surface area contributed by atoms with E-state index in [-0.39, 0.29) is 0 Å². The van der Waals surface area contributed by atoms with Gasteiger partial charge in [-0.2, -0.15) is 0 Å². The monoisotopic (exact) mass is 201 g/mol. The number of thiazole rings is 1. The van der Waals surface area contributed by atoms with Crippen LogP contribution in [0.25, 0.3) is 0 Å². The second-order valence-electron chi connectivity index (χ2n) is 2.39. The third-order valence-electron chi connectivity index (χ3n) is 1.41. The van der Waals surface area contributed by atoms with E-state index in [0.717, 1.165) is 10.8 Å². The van der Waals surface area contributed by atoms with Gasteiger partial charge in [0.05, 0.1) is 5.69 Å². The van der Waals surface area contributed by atoms with Gasteiger partial charge in [0.25, 0.3) is 0 Å². The number of nitrogens with zero attached hydrogens (tertiary/aromatic N) is 2. The molecule has 0 saturated carbocycles. The fourth-order valence-electron chi connectivity index (χ4n) is 0.750. The summed E-state index contributed by atoms with van der Waals surface area (Å²) in [7, 11) is 3.70. The first kappa shape index (κ1) is 9.41. The van der Waals surface area contributed by atoms with Gasteiger partial charge in [-0.3, -0.25) is 4.90 Å². The number of aromatic nitrogens is 1. The number of nitrogens with one attached hydrogen (secondary N) is 1. The third kappa shape index (κ3) is 1.92. The molecule has 1 aromatic rings. The van der Waals surface area contributed by atoms with E-state index in [1.54, 1.807) is 18.4 Å². The van der Waals surface area contributed by atoms with Gasteiger partial charge in [0, 0.05) is 19.5 Å². The first-order chi connectivity index (χ1) is 5.65. The summed E-state index contributed by atoms with van der Waals surface area (Å²) in [5.74, 6) is 0. The lowest BCUT2D eigenvalue weighted by atomic mass is 10.6. The molecule has 0 fully saturated rings. The van der Waals surface area contributed by atoms with Gasteiger partial charge in [0.2, 0.25) is 0 Å². The van der Waals surface area contributed by atoms with Gasteiger partial charge in [-0.15, -0.1) is 11.3 Å². The molecule has 0 radical (unpaired) electrons. The molecular formula is C7H11N3S2. The lowest BCUT2D eigenvalue weighted by molar-refractivity contribution is 1.10. The lowest BCUT2D eigenvalue weighted by Gasteiger charge is -2.15. The molecule has 5 heteroatoms. The Labute approximate surface area is 81.4 Å². The van der Waals surface area contributed by atoms with Gasteiger partial charge in [0.1, 0.15) is 0 Å². The summed E-state index contributed by atoms with van der Waals surface area (Å²) in [6, 6.07) is 0. The molecule has 0 unspecified atom stereocenters. The van der Waals surface area contributed by atoms with Gasteiger partial charge in [-0.1, -0.05) is 0 Å². The van der Waals surface area contributed by atoms with Crippen LogP contribution < -0.4 is 10.2 Å². The molecule has 0 aliphatic heterocycles. The van der Waals surface area contributed by atoms with E-state index in [9.17, 15) is 0 Å². The topological polar surface area (TPSA) is 28.2 Å². The van der Waals surface area contributed by atoms with Crippen molar-refractivity contribution < 1.29 is 0 Å². The lowest BCUT2D eigenvalue weighted by Crippen LogP contribution is -2.34. The van der Waals surface area contributed by atoms with Crippen molar-refractivity contribution in [3.63, 3.8) is 0 Å². The minimum atomic E-state index is 0.685. The predicted molar refractivity (Wildman–Crippen MR) is 56.9 cm³/mol. The summed E-state index contributed by atoms with van der Waals surface area (Å²) in [4.78, 5) is 6.15. The highest BCUT2D eigenvalue weighted by Gasteiger charge is 2.07. The fourth-order valence-corrected chi connectivity index (χ4v) is 1.67. The Morgan fingerprint density at radius 2 is 2.42 bits per heavy atom. The van der Waals surface area contributed by atoms with Crippen LogP contribution in [0.15, 0.2) is 5.38 Å². The number of hydrogen-bond donors (Lipinski definition) is 1. The zero-order valence-electron chi connectivity index (χ0n) is 7.29. The van der Waals surface area contributed by atoms with Crippen LogP contribution in [-0.4, -0.2) is 24.2 Å². The maximum absolute atomic E-state index is 5.05. The number of anilines is 1. The van der Waals surface area contributed by atoms with E-state index >= 15 is 0 Å². The Bertz CT molecular complexity index is 282. The van der Waals surface area contributed by atoms with Crippen LogP contribution >= 0.6 is 23.6 Å². The Hall–Kier alpha value is -0.680. The van der Waals surface area contributed by atoms with Gasteiger partial charge >= 0.3 is 0 Å². The number of thiocarbonyl (C=S) groups is 1. The maximum Gasteiger partial charge on any atom is 0.191 e. The molecule has 0 atom stereocenters. The van der Waals surface area contributed by atoms with Crippen LogP contribution in [0.1, 0.15) is 5.69 Å². The van der Waals surface area contributed by atoms with E-state index in [2.05, 4.69) is 10.3 Å². The summed E-state index contributed by atoms with van der Waals surface area (Å²) in [6.07, 6.45) is 0. The fraction of sp³-hybridized carbons (Fsp3) is 0.429. The van der Waals surface area contributed by atoms with Gasteiger partial charge < -0.3 is 5.32 Å². The van der Waals surface area contributed by atoms with Crippen LogP contribution in [0.4, 0.5) is 5.13 Å². The molecule has 1 rings (SSSR count). The molecule has 0 spiro atoms. The molecule has 0 aliphatic rings. The third-order valence-corrected chi connectivity index (χ3v) is 2.93. The minimum absolute atomic E-state index is 0.685. The van der Waals surface area contributed by atoms with Crippen molar-refractivity contribution in [3.8, 4) is 0 Å². The highest BCUT2D eigenvalue weighted by atomic mass is 32.1. The van der Waals surface area contributed by atoms with E-state index in [4.69, 9.17) is 12.2 Å². The molecule has 1 N–H and O–H groups in total. The average Bonchev–Trinajstić information content (AvgIpc) is 2.49. The van der Waals surface area contributed by atoms with Crippen molar-refractivity contribution in [1.82, 2.24) is 10.3 Å². The molecule has 0 bridgehead atoms. The number of hydrogen-bond acceptors (Lipinski definition) is 3. The van der Waals surface area contributed by atoms with E-state index < -0.39 is 0 Å². The maximum atomic E-state index is 5.05. The van der Waals surface area contributed by atoms with Crippen molar-refractivity contribution in [2.24, 2.45) is 0 Å². The first-order valence-corrected chi connectivity index (χ1v) is 4.81. The van der Waals surface area contributed by atoms with Crippen molar-refractivity contribution in [2.75, 3.05) is 19.0 Å². The molecule has 3 nitrogen and oxygen atoms in total. The number of aryl methyl sites for hydroxylation is 1. The van der Waals surface area contributed by atoms with Crippen LogP contribution in [0.3, 0.4) is 0 Å². The van der Waals surface area contributed by atoms with Crippen LogP contribution in [0, 0.1) is 6.92 Å². The molecule has 1 aromatic heterocycles.